The molecular weight excluding hydrogens is 338 g/mol. The van der Waals surface area contributed by atoms with Gasteiger partial charge in [-0.3, -0.25) is 4.79 Å². The summed E-state index contributed by atoms with van der Waals surface area (Å²) in [7, 11) is 0. The Morgan fingerprint density at radius 2 is 2.08 bits per heavy atom. The van der Waals surface area contributed by atoms with Gasteiger partial charge in [-0.15, -0.1) is 0 Å². The molecule has 4 nitrogen and oxygen atoms in total. The molecular formula is C20H14ClNO3. The van der Waals surface area contributed by atoms with Crippen LogP contribution in [0.15, 0.2) is 54.3 Å². The summed E-state index contributed by atoms with van der Waals surface area (Å²) in [5.41, 5.74) is 3.89. The van der Waals surface area contributed by atoms with Crippen molar-refractivity contribution in [2.75, 3.05) is 6.61 Å². The second-order valence-electron chi connectivity index (χ2n) is 6.30. The molecule has 0 fully saturated rings. The van der Waals surface area contributed by atoms with Crippen LogP contribution in [0, 0.1) is 0 Å². The normalized spacial score (nSPS) is 17.7. The molecule has 0 N–H and O–H groups in total. The van der Waals surface area contributed by atoms with E-state index < -0.39 is 0 Å². The van der Waals surface area contributed by atoms with Gasteiger partial charge in [-0.25, -0.2) is 4.57 Å². The number of hydrogen-bond donors (Lipinski definition) is 0. The Morgan fingerprint density at radius 1 is 1.24 bits per heavy atom. The van der Waals surface area contributed by atoms with Crippen LogP contribution in [-0.2, 0) is 0 Å². The molecule has 25 heavy (non-hydrogen) atoms. The van der Waals surface area contributed by atoms with Gasteiger partial charge in [0.05, 0.1) is 11.8 Å². The largest absolute Gasteiger partial charge is 0.489 e. The lowest BCUT2D eigenvalue weighted by Gasteiger charge is -2.31. The van der Waals surface area contributed by atoms with Crippen molar-refractivity contribution >= 4 is 28.4 Å². The fourth-order valence-corrected chi connectivity index (χ4v) is 4.01. The lowest BCUT2D eigenvalue weighted by atomic mass is 9.82. The molecule has 5 heteroatoms. The van der Waals surface area contributed by atoms with Crippen LogP contribution < -0.4 is 9.47 Å². The number of ether oxygens (including phenoxy) is 2. The number of halogens is 1. The molecule has 2 aliphatic heterocycles. The van der Waals surface area contributed by atoms with Crippen LogP contribution in [0.5, 0.6) is 11.6 Å². The SMILES string of the molecule is CC(=O)n1c2c(c3ccc(Cl)cc31)C1C(=CO2)COc2ccccc21. The van der Waals surface area contributed by atoms with Crippen molar-refractivity contribution in [2.45, 2.75) is 12.8 Å². The van der Waals surface area contributed by atoms with Gasteiger partial charge in [0.25, 0.3) is 0 Å². The van der Waals surface area contributed by atoms with Crippen molar-refractivity contribution in [3.8, 4) is 11.6 Å². The van der Waals surface area contributed by atoms with Gasteiger partial charge in [0.1, 0.15) is 12.4 Å². The second-order valence-corrected chi connectivity index (χ2v) is 6.74. The number of carbonyl (C=O) groups is 1. The summed E-state index contributed by atoms with van der Waals surface area (Å²) in [5.74, 6) is 1.34. The van der Waals surface area contributed by atoms with Gasteiger partial charge in [-0.2, -0.15) is 0 Å². The van der Waals surface area contributed by atoms with Crippen molar-refractivity contribution < 1.29 is 14.3 Å². The highest BCUT2D eigenvalue weighted by Gasteiger charge is 2.37. The van der Waals surface area contributed by atoms with Crippen molar-refractivity contribution in [2.24, 2.45) is 0 Å². The fourth-order valence-electron chi connectivity index (χ4n) is 3.84. The highest BCUT2D eigenvalue weighted by atomic mass is 35.5. The van der Waals surface area contributed by atoms with E-state index in [0.29, 0.717) is 17.5 Å². The topological polar surface area (TPSA) is 40.5 Å². The van der Waals surface area contributed by atoms with Gasteiger partial charge in [-0.1, -0.05) is 35.9 Å². The number of rotatable bonds is 0. The lowest BCUT2D eigenvalue weighted by molar-refractivity contribution is 0.0933. The van der Waals surface area contributed by atoms with Crippen LogP contribution in [0.3, 0.4) is 0 Å². The smallest absolute Gasteiger partial charge is 0.230 e. The van der Waals surface area contributed by atoms with E-state index in [-0.39, 0.29) is 11.8 Å². The van der Waals surface area contributed by atoms with Crippen LogP contribution in [0.4, 0.5) is 0 Å². The van der Waals surface area contributed by atoms with E-state index in [0.717, 1.165) is 33.4 Å². The van der Waals surface area contributed by atoms with E-state index in [9.17, 15) is 4.79 Å². The minimum Gasteiger partial charge on any atom is -0.489 e. The highest BCUT2D eigenvalue weighted by molar-refractivity contribution is 6.31. The molecule has 0 bridgehead atoms. The minimum absolute atomic E-state index is 0.0120. The summed E-state index contributed by atoms with van der Waals surface area (Å²) in [6, 6.07) is 13.6. The molecule has 0 spiro atoms. The fraction of sp³-hybridized carbons (Fsp3) is 0.150. The second kappa shape index (κ2) is 5.14. The monoisotopic (exact) mass is 351 g/mol. The van der Waals surface area contributed by atoms with E-state index in [1.165, 1.54) is 6.92 Å². The first-order valence-corrected chi connectivity index (χ1v) is 8.45. The zero-order valence-electron chi connectivity index (χ0n) is 13.5. The van der Waals surface area contributed by atoms with Gasteiger partial charge < -0.3 is 9.47 Å². The van der Waals surface area contributed by atoms with Gasteiger partial charge in [0.15, 0.2) is 0 Å². The molecule has 2 aromatic carbocycles. The van der Waals surface area contributed by atoms with Gasteiger partial charge in [-0.05, 0) is 18.2 Å². The number of aromatic nitrogens is 1. The molecule has 0 saturated carbocycles. The Morgan fingerprint density at radius 3 is 2.92 bits per heavy atom. The predicted molar refractivity (Wildman–Crippen MR) is 95.7 cm³/mol. The minimum atomic E-state index is -0.106. The van der Waals surface area contributed by atoms with Crippen LogP contribution in [0.2, 0.25) is 5.02 Å². The maximum absolute atomic E-state index is 12.3. The maximum Gasteiger partial charge on any atom is 0.230 e. The Bertz CT molecular complexity index is 1080. The van der Waals surface area contributed by atoms with E-state index in [1.54, 1.807) is 10.8 Å². The van der Waals surface area contributed by atoms with Crippen molar-refractivity contribution in [1.29, 1.82) is 0 Å². The highest BCUT2D eigenvalue weighted by Crippen LogP contribution is 2.50. The molecule has 1 unspecified atom stereocenters. The first-order chi connectivity index (χ1) is 12.1. The van der Waals surface area contributed by atoms with E-state index in [4.69, 9.17) is 21.1 Å². The first kappa shape index (κ1) is 14.6. The maximum atomic E-state index is 12.3. The van der Waals surface area contributed by atoms with E-state index >= 15 is 0 Å². The molecule has 0 aliphatic carbocycles. The zero-order chi connectivity index (χ0) is 17.1. The van der Waals surface area contributed by atoms with Crippen molar-refractivity contribution in [1.82, 2.24) is 4.57 Å². The number of hydrogen-bond acceptors (Lipinski definition) is 3. The lowest BCUT2D eigenvalue weighted by Crippen LogP contribution is -2.23. The van der Waals surface area contributed by atoms with Crippen LogP contribution in [-0.4, -0.2) is 17.1 Å². The molecule has 2 aliphatic rings. The number of benzene rings is 2. The Balaban J connectivity index is 1.88. The number of carbonyl (C=O) groups excluding carboxylic acids is 1. The van der Waals surface area contributed by atoms with Gasteiger partial charge in [0.2, 0.25) is 11.8 Å². The molecule has 124 valence electrons. The Labute approximate surface area is 149 Å². The number of nitrogens with zero attached hydrogens (tertiary/aromatic N) is 1. The molecule has 0 saturated heterocycles. The summed E-state index contributed by atoms with van der Waals surface area (Å²) < 4.78 is 13.3. The van der Waals surface area contributed by atoms with E-state index in [2.05, 4.69) is 6.07 Å². The van der Waals surface area contributed by atoms with Gasteiger partial charge in [0, 0.05) is 40.0 Å². The molecule has 1 atom stereocenters. The molecule has 0 radical (unpaired) electrons. The molecule has 1 aromatic heterocycles. The summed E-state index contributed by atoms with van der Waals surface area (Å²) >= 11 is 6.18. The molecule has 3 aromatic rings. The summed E-state index contributed by atoms with van der Waals surface area (Å²) in [6.45, 7) is 2.00. The first-order valence-electron chi connectivity index (χ1n) is 8.07. The number of para-hydroxylation sites is 1. The standard InChI is InChI=1S/C20H14ClNO3/c1-11(23)22-16-8-13(21)6-7-14(16)19-18-12(10-25-20(19)22)9-24-17-5-3-2-4-15(17)18/h2-8,10,18H,9H2,1H3. The summed E-state index contributed by atoms with van der Waals surface area (Å²) in [5, 5.41) is 1.56. The quantitative estimate of drug-likeness (QED) is 0.586. The average Bonchev–Trinajstić information content (AvgIpc) is 2.94. The molecule has 0 amide bonds. The summed E-state index contributed by atoms with van der Waals surface area (Å²) in [6.07, 6.45) is 1.71. The van der Waals surface area contributed by atoms with Gasteiger partial charge >= 0.3 is 0 Å². The van der Waals surface area contributed by atoms with Crippen molar-refractivity contribution in [3.63, 3.8) is 0 Å². The Hall–Kier alpha value is -2.72. The third-order valence-electron chi connectivity index (χ3n) is 4.84. The van der Waals surface area contributed by atoms with E-state index in [1.807, 2.05) is 36.4 Å². The van der Waals surface area contributed by atoms with Crippen LogP contribution >= 0.6 is 11.6 Å². The zero-order valence-corrected chi connectivity index (χ0v) is 14.2. The Kier molecular flexibility index (Phi) is 3.00. The van der Waals surface area contributed by atoms with Crippen LogP contribution in [0.1, 0.15) is 28.8 Å². The average molecular weight is 352 g/mol. The van der Waals surface area contributed by atoms with Crippen LogP contribution in [0.25, 0.3) is 10.9 Å². The predicted octanol–water partition coefficient (Wildman–Crippen LogP) is 4.76. The third kappa shape index (κ3) is 1.98. The number of fused-ring (bicyclic) bond motifs is 7. The molecule has 5 rings (SSSR count). The van der Waals surface area contributed by atoms with Crippen molar-refractivity contribution in [3.05, 3.63) is 70.4 Å². The third-order valence-corrected chi connectivity index (χ3v) is 5.08. The molecule has 3 heterocycles. The summed E-state index contributed by atoms with van der Waals surface area (Å²) in [4.78, 5) is 12.3.